The molecule has 2 aromatic rings. The van der Waals surface area contributed by atoms with Gasteiger partial charge in [0.25, 0.3) is 0 Å². The van der Waals surface area contributed by atoms with E-state index in [4.69, 9.17) is 16.9 Å². The first-order chi connectivity index (χ1) is 11.4. The number of halogens is 1. The summed E-state index contributed by atoms with van der Waals surface area (Å²) in [6, 6.07) is 4.00. The molecule has 0 N–H and O–H groups in total. The highest BCUT2D eigenvalue weighted by atomic mass is 35.5. The van der Waals surface area contributed by atoms with Crippen LogP contribution in [0.3, 0.4) is 0 Å². The van der Waals surface area contributed by atoms with E-state index in [2.05, 4.69) is 39.4 Å². The van der Waals surface area contributed by atoms with E-state index in [9.17, 15) is 0 Å². The number of aromatic nitrogens is 3. The zero-order valence-corrected chi connectivity index (χ0v) is 14.8. The molecule has 0 spiro atoms. The number of nitriles is 1. The minimum absolute atomic E-state index is 0.110. The number of hydrogen-bond donors (Lipinski definition) is 0. The Hall–Kier alpha value is -2.32. The number of pyridine rings is 1. The second-order valence-corrected chi connectivity index (χ2v) is 7.22. The fourth-order valence-corrected chi connectivity index (χ4v) is 3.44. The SMILES string of the molecule is CN(c1cnc(C#N)c(Cl)c1)C1C=C(n2ccnc2)CCC1(C)C. The van der Waals surface area contributed by atoms with Crippen LogP contribution in [-0.2, 0) is 0 Å². The summed E-state index contributed by atoms with van der Waals surface area (Å²) in [5.74, 6) is 0. The van der Waals surface area contributed by atoms with Crippen LogP contribution in [0.5, 0.6) is 0 Å². The van der Waals surface area contributed by atoms with E-state index in [1.54, 1.807) is 12.4 Å². The summed E-state index contributed by atoms with van der Waals surface area (Å²) in [4.78, 5) is 10.5. The van der Waals surface area contributed by atoms with Gasteiger partial charge >= 0.3 is 0 Å². The van der Waals surface area contributed by atoms with E-state index >= 15 is 0 Å². The second kappa shape index (κ2) is 6.29. The second-order valence-electron chi connectivity index (χ2n) is 6.81. The third kappa shape index (κ3) is 3.02. The van der Waals surface area contributed by atoms with Gasteiger partial charge in [0.15, 0.2) is 5.69 Å². The van der Waals surface area contributed by atoms with Crippen LogP contribution in [0.1, 0.15) is 32.4 Å². The fourth-order valence-electron chi connectivity index (χ4n) is 3.23. The van der Waals surface area contributed by atoms with E-state index < -0.39 is 0 Å². The largest absolute Gasteiger partial charge is 0.366 e. The van der Waals surface area contributed by atoms with Gasteiger partial charge in [0.05, 0.1) is 29.3 Å². The van der Waals surface area contributed by atoms with Crippen molar-refractivity contribution < 1.29 is 0 Å². The van der Waals surface area contributed by atoms with Crippen LogP contribution < -0.4 is 4.90 Å². The smallest absolute Gasteiger partial charge is 0.159 e. The summed E-state index contributed by atoms with van der Waals surface area (Å²) in [5.41, 5.74) is 2.52. The van der Waals surface area contributed by atoms with Gasteiger partial charge in [-0.1, -0.05) is 25.4 Å². The Labute approximate surface area is 147 Å². The van der Waals surface area contributed by atoms with Crippen molar-refractivity contribution >= 4 is 23.0 Å². The van der Waals surface area contributed by atoms with Gasteiger partial charge in [-0.25, -0.2) is 9.97 Å². The minimum Gasteiger partial charge on any atom is -0.366 e. The van der Waals surface area contributed by atoms with Crippen molar-refractivity contribution in [2.45, 2.75) is 32.7 Å². The molecule has 0 radical (unpaired) electrons. The van der Waals surface area contributed by atoms with E-state index in [0.29, 0.717) is 5.02 Å². The maximum absolute atomic E-state index is 8.99. The molecule has 6 heteroatoms. The fraction of sp³-hybridized carbons (Fsp3) is 0.389. The summed E-state index contributed by atoms with van der Waals surface area (Å²) in [7, 11) is 2.04. The maximum atomic E-state index is 8.99. The van der Waals surface area contributed by atoms with Crippen LogP contribution >= 0.6 is 11.6 Å². The average molecular weight is 342 g/mol. The highest BCUT2D eigenvalue weighted by Crippen LogP contribution is 2.40. The van der Waals surface area contributed by atoms with Gasteiger partial charge in [-0.2, -0.15) is 5.26 Å². The van der Waals surface area contributed by atoms with Crippen molar-refractivity contribution in [3.05, 3.63) is 47.8 Å². The predicted octanol–water partition coefficient (Wildman–Crippen LogP) is 3.97. The number of nitrogens with zero attached hydrogens (tertiary/aromatic N) is 5. The number of allylic oxidation sites excluding steroid dienone is 1. The van der Waals surface area contributed by atoms with E-state index in [-0.39, 0.29) is 17.2 Å². The molecule has 1 aliphatic carbocycles. The number of hydrogen-bond acceptors (Lipinski definition) is 4. The molecule has 1 aliphatic rings. The monoisotopic (exact) mass is 341 g/mol. The molecule has 24 heavy (non-hydrogen) atoms. The molecule has 0 saturated carbocycles. The molecule has 0 fully saturated rings. The summed E-state index contributed by atoms with van der Waals surface area (Å²) < 4.78 is 2.07. The molecule has 0 bridgehead atoms. The molecule has 1 unspecified atom stereocenters. The maximum Gasteiger partial charge on any atom is 0.159 e. The van der Waals surface area contributed by atoms with Gasteiger partial charge in [0.2, 0.25) is 0 Å². The van der Waals surface area contributed by atoms with E-state index in [1.807, 2.05) is 31.7 Å². The Morgan fingerprint density at radius 3 is 2.88 bits per heavy atom. The van der Waals surface area contributed by atoms with Gasteiger partial charge in [-0.3, -0.25) is 0 Å². The van der Waals surface area contributed by atoms with Crippen molar-refractivity contribution in [1.82, 2.24) is 14.5 Å². The Kier molecular flexibility index (Phi) is 4.33. The van der Waals surface area contributed by atoms with Crippen molar-refractivity contribution in [1.29, 1.82) is 5.26 Å². The number of rotatable bonds is 3. The lowest BCUT2D eigenvalue weighted by Crippen LogP contribution is -2.44. The van der Waals surface area contributed by atoms with Crippen LogP contribution in [-0.4, -0.2) is 27.6 Å². The molecule has 2 aromatic heterocycles. The molecule has 0 aromatic carbocycles. The van der Waals surface area contributed by atoms with Gasteiger partial charge in [0.1, 0.15) is 6.07 Å². The lowest BCUT2D eigenvalue weighted by Gasteiger charge is -2.43. The lowest BCUT2D eigenvalue weighted by molar-refractivity contribution is 0.283. The molecule has 3 rings (SSSR count). The molecule has 1 atom stereocenters. The summed E-state index contributed by atoms with van der Waals surface area (Å²) in [5, 5.41) is 9.37. The molecule has 124 valence electrons. The number of imidazole rings is 1. The molecular weight excluding hydrogens is 322 g/mol. The molecule has 5 nitrogen and oxygen atoms in total. The molecule has 0 saturated heterocycles. The van der Waals surface area contributed by atoms with Gasteiger partial charge in [-0.15, -0.1) is 0 Å². The lowest BCUT2D eigenvalue weighted by atomic mass is 9.75. The first kappa shape index (κ1) is 16.5. The summed E-state index contributed by atoms with van der Waals surface area (Å²) in [6.07, 6.45) is 11.7. The van der Waals surface area contributed by atoms with Gasteiger partial charge < -0.3 is 9.47 Å². The molecule has 0 amide bonds. The quantitative estimate of drug-likeness (QED) is 0.847. The van der Waals surface area contributed by atoms with E-state index in [1.165, 1.54) is 5.70 Å². The minimum atomic E-state index is 0.110. The van der Waals surface area contributed by atoms with Crippen LogP contribution in [0.15, 0.2) is 37.1 Å². The predicted molar refractivity (Wildman–Crippen MR) is 95.7 cm³/mol. The number of anilines is 1. The van der Waals surface area contributed by atoms with Crippen molar-refractivity contribution in [2.75, 3.05) is 11.9 Å². The first-order valence-corrected chi connectivity index (χ1v) is 8.27. The normalized spacial score (nSPS) is 19.5. The zero-order valence-electron chi connectivity index (χ0n) is 14.1. The highest BCUT2D eigenvalue weighted by molar-refractivity contribution is 6.31. The summed E-state index contributed by atoms with van der Waals surface area (Å²) in [6.45, 7) is 4.54. The van der Waals surface area contributed by atoms with Crippen molar-refractivity contribution in [3.63, 3.8) is 0 Å². The van der Waals surface area contributed by atoms with Crippen LogP contribution in [0, 0.1) is 16.7 Å². The third-order valence-electron chi connectivity index (χ3n) is 4.77. The standard InChI is InChI=1S/C18H20ClN5/c1-18(2)5-4-13(24-7-6-21-12-24)9-17(18)23(3)14-8-15(19)16(10-20)22-11-14/h6-9,11-12,17H,4-5H2,1-3H3. The van der Waals surface area contributed by atoms with Gasteiger partial charge in [0, 0.05) is 25.1 Å². The molecular formula is C18H20ClN5. The van der Waals surface area contributed by atoms with Crippen molar-refractivity contribution in [3.8, 4) is 6.07 Å². The van der Waals surface area contributed by atoms with Crippen LogP contribution in [0.25, 0.3) is 5.70 Å². The first-order valence-electron chi connectivity index (χ1n) is 7.90. The Bertz CT molecular complexity index is 801. The van der Waals surface area contributed by atoms with E-state index in [0.717, 1.165) is 18.5 Å². The Morgan fingerprint density at radius 2 is 2.25 bits per heavy atom. The summed E-state index contributed by atoms with van der Waals surface area (Å²) >= 11 is 6.15. The molecule has 0 aliphatic heterocycles. The zero-order chi connectivity index (χ0) is 17.3. The topological polar surface area (TPSA) is 57.7 Å². The highest BCUT2D eigenvalue weighted by Gasteiger charge is 2.35. The number of likely N-dealkylation sites (N-methyl/N-ethyl adjacent to an activating group) is 1. The van der Waals surface area contributed by atoms with Gasteiger partial charge in [-0.05, 0) is 30.4 Å². The Balaban J connectivity index is 1.96. The van der Waals surface area contributed by atoms with Crippen LogP contribution in [0.4, 0.5) is 5.69 Å². The van der Waals surface area contributed by atoms with Crippen molar-refractivity contribution in [2.24, 2.45) is 5.41 Å². The Morgan fingerprint density at radius 1 is 1.46 bits per heavy atom. The molecule has 2 heterocycles. The average Bonchev–Trinajstić information content (AvgIpc) is 3.08. The third-order valence-corrected chi connectivity index (χ3v) is 5.06. The van der Waals surface area contributed by atoms with Crippen LogP contribution in [0.2, 0.25) is 5.02 Å².